The zero-order valence-electron chi connectivity index (χ0n) is 14.1. The van der Waals surface area contributed by atoms with Gasteiger partial charge >= 0.3 is 0 Å². The Bertz CT molecular complexity index is 679. The molecule has 0 unspecified atom stereocenters. The van der Waals surface area contributed by atoms with Crippen molar-refractivity contribution in [2.75, 3.05) is 40.3 Å². The van der Waals surface area contributed by atoms with Crippen LogP contribution in [0.1, 0.15) is 28.2 Å². The molecule has 2 saturated heterocycles. The van der Waals surface area contributed by atoms with Crippen molar-refractivity contribution in [2.24, 2.45) is 0 Å². The number of ether oxygens (including phenoxy) is 1. The van der Waals surface area contributed by atoms with Crippen molar-refractivity contribution in [3.8, 4) is 0 Å². The molecule has 0 saturated carbocycles. The molecule has 1 spiro atoms. The van der Waals surface area contributed by atoms with Crippen LogP contribution in [0.5, 0.6) is 0 Å². The Hall–Kier alpha value is -1.93. The molecule has 4 rings (SSSR count). The van der Waals surface area contributed by atoms with E-state index in [1.807, 2.05) is 11.9 Å². The van der Waals surface area contributed by atoms with E-state index in [2.05, 4.69) is 15.5 Å². The van der Waals surface area contributed by atoms with E-state index in [1.165, 1.54) is 0 Å². The van der Waals surface area contributed by atoms with E-state index in [9.17, 15) is 9.59 Å². The van der Waals surface area contributed by atoms with E-state index in [1.54, 1.807) is 11.9 Å². The van der Waals surface area contributed by atoms with E-state index < -0.39 is 0 Å². The molecule has 2 N–H and O–H groups in total. The van der Waals surface area contributed by atoms with Gasteiger partial charge in [-0.15, -0.1) is 0 Å². The maximum Gasteiger partial charge on any atom is 0.274 e. The maximum atomic E-state index is 12.7. The van der Waals surface area contributed by atoms with Crippen LogP contribution in [0.4, 0.5) is 0 Å². The molecule has 24 heavy (non-hydrogen) atoms. The third-order valence-electron chi connectivity index (χ3n) is 5.42. The van der Waals surface area contributed by atoms with Crippen LogP contribution in [0.2, 0.25) is 0 Å². The number of aryl methyl sites for hydroxylation is 1. The molecule has 2 amide bonds. The van der Waals surface area contributed by atoms with Crippen LogP contribution in [-0.4, -0.2) is 83.8 Å². The number of carbonyl (C=O) groups is 2. The summed E-state index contributed by atoms with van der Waals surface area (Å²) in [6.07, 6.45) is 3.00. The number of nitrogens with zero attached hydrogens (tertiary/aromatic N) is 3. The molecule has 8 nitrogen and oxygen atoms in total. The van der Waals surface area contributed by atoms with E-state index >= 15 is 0 Å². The van der Waals surface area contributed by atoms with Gasteiger partial charge in [-0.2, -0.15) is 5.10 Å². The zero-order chi connectivity index (χ0) is 16.9. The molecular weight excluding hydrogens is 310 g/mol. The predicted molar refractivity (Wildman–Crippen MR) is 85.7 cm³/mol. The minimum atomic E-state index is -0.353. The number of aromatic nitrogens is 2. The second kappa shape index (κ2) is 5.56. The van der Waals surface area contributed by atoms with E-state index in [4.69, 9.17) is 4.74 Å². The number of hydrogen-bond acceptors (Lipinski definition) is 5. The Kier molecular flexibility index (Phi) is 3.61. The van der Waals surface area contributed by atoms with Gasteiger partial charge in [0, 0.05) is 24.8 Å². The third-order valence-corrected chi connectivity index (χ3v) is 5.42. The summed E-state index contributed by atoms with van der Waals surface area (Å²) < 4.78 is 5.97. The monoisotopic (exact) mass is 333 g/mol. The fraction of sp³-hybridized carbons (Fsp3) is 0.688. The number of rotatable bonds is 2. The van der Waals surface area contributed by atoms with Gasteiger partial charge in [0.2, 0.25) is 5.91 Å². The molecule has 1 atom stereocenters. The molecule has 130 valence electrons. The first kappa shape index (κ1) is 15.6. The van der Waals surface area contributed by atoms with Crippen LogP contribution in [0.25, 0.3) is 0 Å². The molecule has 0 bridgehead atoms. The summed E-state index contributed by atoms with van der Waals surface area (Å²) in [5, 5.41) is 9.87. The quantitative estimate of drug-likeness (QED) is 0.737. The Labute approximate surface area is 140 Å². The lowest BCUT2D eigenvalue weighted by molar-refractivity contribution is -0.187. The summed E-state index contributed by atoms with van der Waals surface area (Å²) in [5.74, 6) is -0.0496. The number of aromatic amines is 1. The Morgan fingerprint density at radius 2 is 2.12 bits per heavy atom. The lowest BCUT2D eigenvalue weighted by Crippen LogP contribution is -2.73. The largest absolute Gasteiger partial charge is 0.368 e. The van der Waals surface area contributed by atoms with E-state index in [-0.39, 0.29) is 23.5 Å². The molecule has 2 fully saturated rings. The van der Waals surface area contributed by atoms with Gasteiger partial charge in [0.1, 0.15) is 11.6 Å². The molecule has 1 aromatic rings. The first-order chi connectivity index (χ1) is 11.5. The molecule has 3 aliphatic rings. The van der Waals surface area contributed by atoms with Crippen LogP contribution < -0.4 is 5.32 Å². The molecule has 2 aliphatic heterocycles. The number of nitrogens with one attached hydrogen (secondary N) is 2. The lowest BCUT2D eigenvalue weighted by Gasteiger charge is -2.54. The highest BCUT2D eigenvalue weighted by molar-refractivity contribution is 5.95. The van der Waals surface area contributed by atoms with E-state index in [0.29, 0.717) is 31.9 Å². The van der Waals surface area contributed by atoms with Gasteiger partial charge in [0.25, 0.3) is 5.91 Å². The summed E-state index contributed by atoms with van der Waals surface area (Å²) >= 11 is 0. The highest BCUT2D eigenvalue weighted by atomic mass is 16.5. The van der Waals surface area contributed by atoms with Gasteiger partial charge in [-0.25, -0.2) is 0 Å². The summed E-state index contributed by atoms with van der Waals surface area (Å²) in [4.78, 5) is 28.3. The SMILES string of the molecule is CNC(=O)[C@@H]1COC2(CN(C(=O)c3n[nH]c4c3CCC4)C2)CN1C. The van der Waals surface area contributed by atoms with E-state index in [0.717, 1.165) is 30.5 Å². The number of amides is 2. The van der Waals surface area contributed by atoms with Crippen molar-refractivity contribution in [2.45, 2.75) is 30.9 Å². The van der Waals surface area contributed by atoms with Gasteiger partial charge < -0.3 is 15.0 Å². The van der Waals surface area contributed by atoms with Crippen LogP contribution in [0.15, 0.2) is 0 Å². The first-order valence-electron chi connectivity index (χ1n) is 8.44. The van der Waals surface area contributed by atoms with Crippen molar-refractivity contribution in [1.29, 1.82) is 0 Å². The summed E-state index contributed by atoms with van der Waals surface area (Å²) in [6.45, 7) is 2.11. The first-order valence-corrected chi connectivity index (χ1v) is 8.44. The topological polar surface area (TPSA) is 90.6 Å². The van der Waals surface area contributed by atoms with Crippen LogP contribution in [0, 0.1) is 0 Å². The number of fused-ring (bicyclic) bond motifs is 1. The normalized spacial score (nSPS) is 25.4. The van der Waals surface area contributed by atoms with Crippen LogP contribution >= 0.6 is 0 Å². The smallest absolute Gasteiger partial charge is 0.274 e. The van der Waals surface area contributed by atoms with Crippen molar-refractivity contribution in [3.05, 3.63) is 17.0 Å². The molecule has 8 heteroatoms. The number of hydrogen-bond donors (Lipinski definition) is 2. The van der Waals surface area contributed by atoms with Crippen molar-refractivity contribution in [1.82, 2.24) is 25.3 Å². The van der Waals surface area contributed by atoms with Gasteiger partial charge in [-0.05, 0) is 26.3 Å². The molecule has 3 heterocycles. The highest BCUT2D eigenvalue weighted by Gasteiger charge is 2.51. The molecule has 1 aromatic heterocycles. The molecule has 0 aromatic carbocycles. The number of H-pyrrole nitrogens is 1. The van der Waals surface area contributed by atoms with Gasteiger partial charge in [0.05, 0.1) is 19.7 Å². The Morgan fingerprint density at radius 1 is 1.33 bits per heavy atom. The second-order valence-corrected chi connectivity index (χ2v) is 7.08. The fourth-order valence-electron chi connectivity index (χ4n) is 4.07. The van der Waals surface area contributed by atoms with Crippen LogP contribution in [0.3, 0.4) is 0 Å². The number of morpholine rings is 1. The number of carbonyl (C=O) groups excluding carboxylic acids is 2. The van der Waals surface area contributed by atoms with Gasteiger partial charge in [0.15, 0.2) is 5.69 Å². The molecule has 0 radical (unpaired) electrons. The van der Waals surface area contributed by atoms with Crippen molar-refractivity contribution >= 4 is 11.8 Å². The fourth-order valence-corrected chi connectivity index (χ4v) is 4.07. The zero-order valence-corrected chi connectivity index (χ0v) is 14.1. The Morgan fingerprint density at radius 3 is 2.83 bits per heavy atom. The maximum absolute atomic E-state index is 12.7. The Balaban J connectivity index is 1.39. The molecule has 1 aliphatic carbocycles. The summed E-state index contributed by atoms with van der Waals surface area (Å²) in [6, 6.07) is -0.264. The highest BCUT2D eigenvalue weighted by Crippen LogP contribution is 2.33. The average Bonchev–Trinajstić information content (AvgIpc) is 3.14. The van der Waals surface area contributed by atoms with Crippen LogP contribution in [-0.2, 0) is 22.4 Å². The van der Waals surface area contributed by atoms with Gasteiger partial charge in [-0.3, -0.25) is 19.6 Å². The van der Waals surface area contributed by atoms with Crippen molar-refractivity contribution in [3.63, 3.8) is 0 Å². The average molecular weight is 333 g/mol. The van der Waals surface area contributed by atoms with Crippen molar-refractivity contribution < 1.29 is 14.3 Å². The second-order valence-electron chi connectivity index (χ2n) is 7.08. The molecular formula is C16H23N5O3. The summed E-state index contributed by atoms with van der Waals surface area (Å²) in [5.41, 5.74) is 2.41. The minimum Gasteiger partial charge on any atom is -0.368 e. The van der Waals surface area contributed by atoms with Gasteiger partial charge in [-0.1, -0.05) is 0 Å². The lowest BCUT2D eigenvalue weighted by atomic mass is 9.90. The predicted octanol–water partition coefficient (Wildman–Crippen LogP) is -0.830. The summed E-state index contributed by atoms with van der Waals surface area (Å²) in [7, 11) is 3.56. The number of likely N-dealkylation sites (tertiary alicyclic amines) is 1. The third kappa shape index (κ3) is 2.32. The minimum absolute atomic E-state index is 0.0142. The standard InChI is InChI=1S/C16H23N5O3/c1-17-14(22)12-6-24-16(7-20(12)2)8-21(9-16)15(23)13-10-4-3-5-11(10)18-19-13/h12H,3-9H2,1-2H3,(H,17,22)(H,18,19)/t12-/m0/s1. The number of likely N-dealkylation sites (N-methyl/N-ethyl adjacent to an activating group) is 2.